The number of hydrogen-bond acceptors (Lipinski definition) is 3. The summed E-state index contributed by atoms with van der Waals surface area (Å²) in [6, 6.07) is 19.9. The molecule has 49 heavy (non-hydrogen) atoms. The lowest BCUT2D eigenvalue weighted by molar-refractivity contribution is 0.669. The van der Waals surface area contributed by atoms with Crippen LogP contribution in [-0.4, -0.2) is 0 Å². The number of nitrogens with zero attached hydrogens (tertiary/aromatic N) is 1. The summed E-state index contributed by atoms with van der Waals surface area (Å²) in [4.78, 5) is 1.56. The lowest BCUT2D eigenvalue weighted by Gasteiger charge is -2.27. The van der Waals surface area contributed by atoms with Crippen LogP contribution in [0.4, 0.5) is 17.1 Å². The smallest absolute Gasteiger partial charge is 0.136 e. The maximum absolute atomic E-state index is 9.55. The molecule has 0 N–H and O–H groups in total. The van der Waals surface area contributed by atoms with Crippen LogP contribution in [0.15, 0.2) is 180 Å². The second-order valence-electron chi connectivity index (χ2n) is 11.4. The molecule has 2 aromatic heterocycles. The maximum atomic E-state index is 9.55. The standard InChI is InChI=1S/C46H29NOS/c1-3-11-30(12-4-1)31-21-23-33(24-22-31)47(34-25-26-38-37-15-7-8-20-43(37)49-44(38)29-34)40-18-9-17-39-36(40)27-28-42-46(39)45-35(16-10-19-41(45)48-42)32-13-5-2-6-14-32/h1-29H/i1D,3D,4D,9D,10D,11D,12D,16D,17D,19D,21D,22D,23D,28D. The van der Waals surface area contributed by atoms with E-state index in [0.29, 0.717) is 11.3 Å². The Hall–Kier alpha value is -6.16. The molecule has 10 rings (SSSR count). The Kier molecular flexibility index (Phi) is 3.96. The summed E-state index contributed by atoms with van der Waals surface area (Å²) in [6.07, 6.45) is 0. The fourth-order valence-corrected chi connectivity index (χ4v) is 7.62. The zero-order valence-electron chi connectivity index (χ0n) is 39.4. The van der Waals surface area contributed by atoms with Gasteiger partial charge >= 0.3 is 0 Å². The number of anilines is 3. The molecule has 0 aliphatic rings. The molecule has 0 saturated heterocycles. The highest BCUT2D eigenvalue weighted by Crippen LogP contribution is 2.46. The lowest BCUT2D eigenvalue weighted by Crippen LogP contribution is -2.10. The third kappa shape index (κ3) is 4.55. The fraction of sp³-hybridized carbons (Fsp3) is 0. The van der Waals surface area contributed by atoms with E-state index in [1.807, 2.05) is 36.4 Å². The van der Waals surface area contributed by atoms with E-state index in [4.69, 9.17) is 15.4 Å². The molecule has 0 radical (unpaired) electrons. The largest absolute Gasteiger partial charge is 0.456 e. The van der Waals surface area contributed by atoms with Crippen LogP contribution >= 0.6 is 11.3 Å². The molecule has 0 amide bonds. The number of thiophene rings is 1. The molecular weight excluding hydrogens is 615 g/mol. The average Bonchev–Trinajstić information content (AvgIpc) is 3.86. The molecule has 0 fully saturated rings. The van der Waals surface area contributed by atoms with Gasteiger partial charge in [0.05, 0.1) is 24.9 Å². The first-order chi connectivity index (χ1) is 30.1. The number of furan rings is 1. The van der Waals surface area contributed by atoms with Crippen LogP contribution in [0.1, 0.15) is 19.2 Å². The van der Waals surface area contributed by atoms with Crippen LogP contribution in [0.25, 0.3) is 75.1 Å². The highest BCUT2D eigenvalue weighted by molar-refractivity contribution is 7.25. The number of fused-ring (bicyclic) bond motifs is 8. The highest BCUT2D eigenvalue weighted by Gasteiger charge is 2.20. The van der Waals surface area contributed by atoms with E-state index < -0.39 is 53.9 Å². The van der Waals surface area contributed by atoms with Crippen LogP contribution in [0, 0.1) is 0 Å². The van der Waals surface area contributed by atoms with E-state index in [1.165, 1.54) is 29.5 Å². The Morgan fingerprint density at radius 1 is 0.469 bits per heavy atom. The van der Waals surface area contributed by atoms with Crippen molar-refractivity contribution in [3.63, 3.8) is 0 Å². The first kappa shape index (κ1) is 17.3. The van der Waals surface area contributed by atoms with Crippen LogP contribution in [0.5, 0.6) is 0 Å². The van der Waals surface area contributed by atoms with Gasteiger partial charge in [-0.25, -0.2) is 0 Å². The van der Waals surface area contributed by atoms with Gasteiger partial charge in [0, 0.05) is 47.7 Å². The van der Waals surface area contributed by atoms with Crippen molar-refractivity contribution in [3.05, 3.63) is 176 Å². The molecule has 0 spiro atoms. The topological polar surface area (TPSA) is 16.4 Å². The monoisotopic (exact) mass is 657 g/mol. The molecule has 0 bridgehead atoms. The van der Waals surface area contributed by atoms with Crippen molar-refractivity contribution in [1.29, 1.82) is 0 Å². The first-order valence-electron chi connectivity index (χ1n) is 22.4. The summed E-state index contributed by atoms with van der Waals surface area (Å²) in [5.41, 5.74) is 0.499. The number of rotatable bonds is 5. The third-order valence-corrected chi connectivity index (χ3v) is 9.79. The summed E-state index contributed by atoms with van der Waals surface area (Å²) in [5.74, 6) is 0. The van der Waals surface area contributed by atoms with Gasteiger partial charge in [-0.05, 0) is 82.2 Å². The van der Waals surface area contributed by atoms with Gasteiger partial charge < -0.3 is 9.32 Å². The molecule has 230 valence electrons. The van der Waals surface area contributed by atoms with E-state index in [2.05, 4.69) is 0 Å². The van der Waals surface area contributed by atoms with Crippen molar-refractivity contribution in [3.8, 4) is 22.3 Å². The lowest BCUT2D eigenvalue weighted by atomic mass is 9.96. The Morgan fingerprint density at radius 2 is 1.29 bits per heavy atom. The third-order valence-electron chi connectivity index (χ3n) is 8.65. The number of hydrogen-bond donors (Lipinski definition) is 0. The average molecular weight is 658 g/mol. The summed E-state index contributed by atoms with van der Waals surface area (Å²) in [6.45, 7) is 0. The minimum Gasteiger partial charge on any atom is -0.456 e. The van der Waals surface area contributed by atoms with Crippen molar-refractivity contribution in [2.75, 3.05) is 4.90 Å². The van der Waals surface area contributed by atoms with Gasteiger partial charge in [-0.15, -0.1) is 11.3 Å². The summed E-state index contributed by atoms with van der Waals surface area (Å²) in [5, 5.41) is 2.71. The van der Waals surface area contributed by atoms with E-state index in [-0.39, 0.29) is 91.5 Å². The zero-order valence-corrected chi connectivity index (χ0v) is 26.2. The van der Waals surface area contributed by atoms with Crippen molar-refractivity contribution in [1.82, 2.24) is 0 Å². The fourth-order valence-electron chi connectivity index (χ4n) is 6.48. The molecule has 0 aliphatic heterocycles. The Morgan fingerprint density at radius 3 is 2.20 bits per heavy atom. The highest BCUT2D eigenvalue weighted by atomic mass is 32.1. The molecule has 2 heterocycles. The molecule has 3 heteroatoms. The summed E-state index contributed by atoms with van der Waals surface area (Å²) < 4.78 is 133. The Balaban J connectivity index is 1.34. The van der Waals surface area contributed by atoms with E-state index in [1.54, 1.807) is 41.3 Å². The molecule has 8 aromatic carbocycles. The van der Waals surface area contributed by atoms with Crippen LogP contribution < -0.4 is 4.90 Å². The number of benzene rings is 8. The summed E-state index contributed by atoms with van der Waals surface area (Å²) in [7, 11) is 0. The van der Waals surface area contributed by atoms with Gasteiger partial charge in [0.25, 0.3) is 0 Å². The molecule has 0 atom stereocenters. The van der Waals surface area contributed by atoms with Crippen LogP contribution in [-0.2, 0) is 0 Å². The van der Waals surface area contributed by atoms with Crippen molar-refractivity contribution in [2.24, 2.45) is 0 Å². The van der Waals surface area contributed by atoms with Gasteiger partial charge in [0.2, 0.25) is 0 Å². The Bertz CT molecular complexity index is 3610. The Labute approximate surface area is 307 Å². The predicted octanol–water partition coefficient (Wildman–Crippen LogP) is 13.9. The first-order valence-corrected chi connectivity index (χ1v) is 16.3. The minimum absolute atomic E-state index is 0.0254. The SMILES string of the molecule is [2H]c1cc(N(c2ccc3c(c2)sc2ccccc23)c2cc([2H])c([2H])c3c2cc([2H])c2oc4c([2H])c([2H])c([2H])c(-c5ccccc5)c4c23)c([2H])c([2H])c1-c1c([2H])c([2H])c([2H])c([2H])c1[2H]. The van der Waals surface area contributed by atoms with E-state index >= 15 is 0 Å². The molecule has 0 saturated carbocycles. The minimum atomic E-state index is -0.655. The van der Waals surface area contributed by atoms with Gasteiger partial charge in [-0.1, -0.05) is 121 Å². The van der Waals surface area contributed by atoms with Gasteiger partial charge in [-0.2, -0.15) is 0 Å². The van der Waals surface area contributed by atoms with Gasteiger partial charge in [0.1, 0.15) is 11.2 Å². The quantitative estimate of drug-likeness (QED) is 0.183. The maximum Gasteiger partial charge on any atom is 0.136 e. The van der Waals surface area contributed by atoms with E-state index in [0.717, 1.165) is 20.2 Å². The second kappa shape index (κ2) is 11.2. The van der Waals surface area contributed by atoms with Crippen molar-refractivity contribution < 1.29 is 23.6 Å². The zero-order chi connectivity index (χ0) is 44.5. The van der Waals surface area contributed by atoms with Crippen molar-refractivity contribution >= 4 is 81.3 Å². The molecule has 0 aliphatic carbocycles. The van der Waals surface area contributed by atoms with Gasteiger partial charge in [-0.3, -0.25) is 0 Å². The predicted molar refractivity (Wildman–Crippen MR) is 210 cm³/mol. The molecular formula is C46H29NOS. The van der Waals surface area contributed by atoms with Gasteiger partial charge in [0.15, 0.2) is 0 Å². The van der Waals surface area contributed by atoms with Crippen LogP contribution in [0.3, 0.4) is 0 Å². The van der Waals surface area contributed by atoms with Crippen LogP contribution in [0.2, 0.25) is 0 Å². The molecule has 0 unspecified atom stereocenters. The summed E-state index contributed by atoms with van der Waals surface area (Å²) >= 11 is 1.52. The normalized spacial score (nSPS) is 15.7. The molecule has 10 aromatic rings. The van der Waals surface area contributed by atoms with E-state index in [9.17, 15) is 8.22 Å². The van der Waals surface area contributed by atoms with Crippen molar-refractivity contribution in [2.45, 2.75) is 0 Å². The molecule has 2 nitrogen and oxygen atoms in total. The second-order valence-corrected chi connectivity index (χ2v) is 12.5.